The fraction of sp³-hybridized carbons (Fsp3) is 0.333. The number of ether oxygens (including phenoxy) is 2. The van der Waals surface area contributed by atoms with Gasteiger partial charge in [-0.2, -0.15) is 0 Å². The lowest BCUT2D eigenvalue weighted by Crippen LogP contribution is -2.37. The molecule has 1 amide bonds. The van der Waals surface area contributed by atoms with E-state index < -0.39 is 5.92 Å². The molecule has 0 saturated carbocycles. The van der Waals surface area contributed by atoms with Crippen LogP contribution in [0.3, 0.4) is 0 Å². The van der Waals surface area contributed by atoms with Crippen LogP contribution in [0, 0.1) is 5.92 Å². The maximum absolute atomic E-state index is 13.0. The molecule has 0 heterocycles. The average Bonchev–Trinajstić information content (AvgIpc) is 2.70. The van der Waals surface area contributed by atoms with E-state index in [2.05, 4.69) is 0 Å². The predicted octanol–water partition coefficient (Wildman–Crippen LogP) is 4.19. The number of carbonyl (C=O) groups excluding carboxylic acids is 2. The van der Waals surface area contributed by atoms with Crippen LogP contribution in [0.2, 0.25) is 5.02 Å². The van der Waals surface area contributed by atoms with Gasteiger partial charge in [-0.05, 0) is 25.1 Å². The van der Waals surface area contributed by atoms with Crippen LogP contribution in [0.1, 0.15) is 29.8 Å². The van der Waals surface area contributed by atoms with Crippen molar-refractivity contribution in [2.24, 2.45) is 5.92 Å². The second kappa shape index (κ2) is 9.97. The lowest BCUT2D eigenvalue weighted by atomic mass is 10.1. The van der Waals surface area contributed by atoms with Gasteiger partial charge in [-0.3, -0.25) is 9.59 Å². The Morgan fingerprint density at radius 1 is 1.11 bits per heavy atom. The molecule has 2 rings (SSSR count). The van der Waals surface area contributed by atoms with Crippen molar-refractivity contribution in [2.45, 2.75) is 20.5 Å². The fourth-order valence-corrected chi connectivity index (χ4v) is 2.86. The largest absolute Gasteiger partial charge is 0.488 e. The van der Waals surface area contributed by atoms with Crippen LogP contribution in [-0.2, 0) is 16.1 Å². The minimum atomic E-state index is -0.407. The third-order valence-corrected chi connectivity index (χ3v) is 4.59. The minimum absolute atomic E-state index is 0.192. The Morgan fingerprint density at radius 2 is 1.78 bits per heavy atom. The lowest BCUT2D eigenvalue weighted by molar-refractivity contribution is -0.145. The van der Waals surface area contributed by atoms with Gasteiger partial charge in [0.15, 0.2) is 0 Å². The van der Waals surface area contributed by atoms with Crippen molar-refractivity contribution in [1.82, 2.24) is 4.90 Å². The van der Waals surface area contributed by atoms with E-state index >= 15 is 0 Å². The smallest absolute Gasteiger partial charge is 0.310 e. The SMILES string of the molecule is CCN(CC(C)C(=O)OC)C(=O)c1ccccc1OCc1ccccc1Cl. The van der Waals surface area contributed by atoms with Crippen molar-refractivity contribution >= 4 is 23.5 Å². The summed E-state index contributed by atoms with van der Waals surface area (Å²) in [4.78, 5) is 26.3. The number of carbonyl (C=O) groups is 2. The van der Waals surface area contributed by atoms with Crippen molar-refractivity contribution in [3.05, 3.63) is 64.7 Å². The molecule has 1 unspecified atom stereocenters. The van der Waals surface area contributed by atoms with E-state index in [-0.39, 0.29) is 25.0 Å². The number of esters is 1. The summed E-state index contributed by atoms with van der Waals surface area (Å²) in [5.74, 6) is -0.464. The van der Waals surface area contributed by atoms with E-state index in [1.807, 2.05) is 31.2 Å². The number of benzene rings is 2. The molecule has 2 aromatic rings. The molecule has 0 aromatic heterocycles. The molecule has 5 nitrogen and oxygen atoms in total. The van der Waals surface area contributed by atoms with E-state index in [9.17, 15) is 9.59 Å². The van der Waals surface area contributed by atoms with Gasteiger partial charge in [0, 0.05) is 23.7 Å². The minimum Gasteiger partial charge on any atom is -0.488 e. The summed E-state index contributed by atoms with van der Waals surface area (Å²) in [5, 5.41) is 0.614. The summed E-state index contributed by atoms with van der Waals surface area (Å²) >= 11 is 6.17. The van der Waals surface area contributed by atoms with Gasteiger partial charge in [-0.15, -0.1) is 0 Å². The standard InChI is InChI=1S/C21H24ClNO4/c1-4-23(13-15(2)21(25)26-3)20(24)17-10-6-8-12-19(17)27-14-16-9-5-7-11-18(16)22/h5-12,15H,4,13-14H2,1-3H3. The van der Waals surface area contributed by atoms with E-state index in [4.69, 9.17) is 21.1 Å². The highest BCUT2D eigenvalue weighted by atomic mass is 35.5. The van der Waals surface area contributed by atoms with Crippen LogP contribution >= 0.6 is 11.6 Å². The maximum Gasteiger partial charge on any atom is 0.310 e. The first-order valence-corrected chi connectivity index (χ1v) is 9.18. The summed E-state index contributed by atoms with van der Waals surface area (Å²) in [6.07, 6.45) is 0. The summed E-state index contributed by atoms with van der Waals surface area (Å²) in [6.45, 7) is 4.62. The number of amides is 1. The van der Waals surface area contributed by atoms with Crippen molar-refractivity contribution < 1.29 is 19.1 Å². The van der Waals surface area contributed by atoms with Crippen LogP contribution in [0.25, 0.3) is 0 Å². The first-order valence-electron chi connectivity index (χ1n) is 8.80. The summed E-state index contributed by atoms with van der Waals surface area (Å²) in [7, 11) is 1.34. The molecule has 0 saturated heterocycles. The van der Waals surface area contributed by atoms with Gasteiger partial charge in [0.05, 0.1) is 18.6 Å². The fourth-order valence-electron chi connectivity index (χ4n) is 2.67. The normalized spacial score (nSPS) is 11.6. The van der Waals surface area contributed by atoms with E-state index in [0.29, 0.717) is 22.9 Å². The van der Waals surface area contributed by atoms with Crippen LogP contribution < -0.4 is 4.74 Å². The van der Waals surface area contributed by atoms with Gasteiger partial charge in [-0.25, -0.2) is 0 Å². The molecule has 0 spiro atoms. The number of rotatable bonds is 8. The Kier molecular flexibility index (Phi) is 7.67. The van der Waals surface area contributed by atoms with Gasteiger partial charge < -0.3 is 14.4 Å². The second-order valence-electron chi connectivity index (χ2n) is 6.14. The Balaban J connectivity index is 2.16. The van der Waals surface area contributed by atoms with E-state index in [1.165, 1.54) is 7.11 Å². The molecule has 0 N–H and O–H groups in total. The number of hydrogen-bond acceptors (Lipinski definition) is 4. The van der Waals surface area contributed by atoms with E-state index in [0.717, 1.165) is 5.56 Å². The van der Waals surface area contributed by atoms with Crippen LogP contribution in [-0.4, -0.2) is 37.0 Å². The molecule has 144 valence electrons. The van der Waals surface area contributed by atoms with Crippen molar-refractivity contribution in [2.75, 3.05) is 20.2 Å². The van der Waals surface area contributed by atoms with Crippen molar-refractivity contribution in [3.8, 4) is 5.75 Å². The molecule has 6 heteroatoms. The van der Waals surface area contributed by atoms with Gasteiger partial charge in [0.1, 0.15) is 12.4 Å². The molecule has 2 aromatic carbocycles. The maximum atomic E-state index is 13.0. The zero-order valence-electron chi connectivity index (χ0n) is 15.8. The number of para-hydroxylation sites is 1. The molecule has 1 atom stereocenters. The molecular weight excluding hydrogens is 366 g/mol. The Bertz CT molecular complexity index is 793. The van der Waals surface area contributed by atoms with Gasteiger partial charge in [-0.1, -0.05) is 48.9 Å². The summed E-state index contributed by atoms with van der Waals surface area (Å²) in [6, 6.07) is 14.5. The first kappa shape index (κ1) is 20.8. The molecule has 0 aliphatic carbocycles. The quantitative estimate of drug-likeness (QED) is 0.635. The summed E-state index contributed by atoms with van der Waals surface area (Å²) in [5.41, 5.74) is 1.29. The van der Waals surface area contributed by atoms with Crippen molar-refractivity contribution in [3.63, 3.8) is 0 Å². The third kappa shape index (κ3) is 5.47. The lowest BCUT2D eigenvalue weighted by Gasteiger charge is -2.24. The van der Waals surface area contributed by atoms with E-state index in [1.54, 1.807) is 36.1 Å². The molecule has 0 aliphatic heterocycles. The molecule has 27 heavy (non-hydrogen) atoms. The highest BCUT2D eigenvalue weighted by Gasteiger charge is 2.23. The van der Waals surface area contributed by atoms with Gasteiger partial charge >= 0.3 is 5.97 Å². The van der Waals surface area contributed by atoms with Crippen molar-refractivity contribution in [1.29, 1.82) is 0 Å². The number of halogens is 1. The molecule has 0 radical (unpaired) electrons. The first-order chi connectivity index (χ1) is 13.0. The Labute approximate surface area is 164 Å². The molecule has 0 fully saturated rings. The zero-order chi connectivity index (χ0) is 19.8. The van der Waals surface area contributed by atoms with Crippen LogP contribution in [0.5, 0.6) is 5.75 Å². The second-order valence-corrected chi connectivity index (χ2v) is 6.55. The Morgan fingerprint density at radius 3 is 2.44 bits per heavy atom. The molecule has 0 bridgehead atoms. The van der Waals surface area contributed by atoms with Crippen LogP contribution in [0.15, 0.2) is 48.5 Å². The molecular formula is C21H24ClNO4. The number of methoxy groups -OCH3 is 1. The monoisotopic (exact) mass is 389 g/mol. The highest BCUT2D eigenvalue weighted by molar-refractivity contribution is 6.31. The average molecular weight is 390 g/mol. The zero-order valence-corrected chi connectivity index (χ0v) is 16.5. The Hall–Kier alpha value is -2.53. The highest BCUT2D eigenvalue weighted by Crippen LogP contribution is 2.23. The predicted molar refractivity (Wildman–Crippen MR) is 105 cm³/mol. The number of hydrogen-bond donors (Lipinski definition) is 0. The van der Waals surface area contributed by atoms with Gasteiger partial charge in [0.2, 0.25) is 0 Å². The summed E-state index contributed by atoms with van der Waals surface area (Å²) < 4.78 is 10.6. The molecule has 0 aliphatic rings. The topological polar surface area (TPSA) is 55.8 Å². The van der Waals surface area contributed by atoms with Crippen LogP contribution in [0.4, 0.5) is 0 Å². The third-order valence-electron chi connectivity index (χ3n) is 4.23. The number of nitrogens with zero attached hydrogens (tertiary/aromatic N) is 1. The van der Waals surface area contributed by atoms with Gasteiger partial charge in [0.25, 0.3) is 5.91 Å².